The van der Waals surface area contributed by atoms with Gasteiger partial charge in [-0.05, 0) is 6.92 Å². The van der Waals surface area contributed by atoms with E-state index in [-0.39, 0.29) is 0 Å². The van der Waals surface area contributed by atoms with Crippen LogP contribution in [-0.4, -0.2) is 0 Å². The van der Waals surface area contributed by atoms with E-state index in [9.17, 15) is 0 Å². The van der Waals surface area contributed by atoms with Gasteiger partial charge in [-0.1, -0.05) is 0 Å². The molecule has 0 amide bonds. The standard InChI is InChI=1S/C9H10/c1-3-5-7-9-8-6-4-2/h1-3,8-9H2. The van der Waals surface area contributed by atoms with E-state index in [1.807, 2.05) is 0 Å². The first kappa shape index (κ1) is 8.12. The molecule has 46 valence electrons. The number of unbranched alkanes of at least 4 members (excludes halogenated alkanes) is 1. The average Bonchev–Trinajstić information content (AvgIpc) is 1.89. The maximum absolute atomic E-state index is 3.58. The largest absolute Gasteiger partial charge is 0.103 e. The summed E-state index contributed by atoms with van der Waals surface area (Å²) < 4.78 is 0. The Hall–Kier alpha value is -0.880. The summed E-state index contributed by atoms with van der Waals surface area (Å²) in [7, 11) is 0. The molecule has 0 aromatic carbocycles. The van der Waals surface area contributed by atoms with Crippen molar-refractivity contribution in [2.24, 2.45) is 0 Å². The zero-order chi connectivity index (χ0) is 6.95. The van der Waals surface area contributed by atoms with Gasteiger partial charge in [0.2, 0.25) is 0 Å². The SMILES string of the molecule is [CH2]C#CCCC#CC[CH2]. The van der Waals surface area contributed by atoms with Gasteiger partial charge in [0.25, 0.3) is 0 Å². The molecule has 0 unspecified atom stereocenters. The number of hydrogen-bond donors (Lipinski definition) is 0. The third-order valence-corrected chi connectivity index (χ3v) is 0.750. The predicted octanol–water partition coefficient (Wildman–Crippen LogP) is 1.83. The van der Waals surface area contributed by atoms with Gasteiger partial charge in [-0.15, -0.1) is 23.7 Å². The highest BCUT2D eigenvalue weighted by Crippen LogP contribution is 1.82. The third kappa shape index (κ3) is 7.12. The maximum atomic E-state index is 3.58. The summed E-state index contributed by atoms with van der Waals surface area (Å²) in [5.41, 5.74) is 0. The smallest absolute Gasteiger partial charge is 0.0198 e. The topological polar surface area (TPSA) is 0 Å². The van der Waals surface area contributed by atoms with Gasteiger partial charge in [0.15, 0.2) is 0 Å². The first-order valence-corrected chi connectivity index (χ1v) is 2.91. The lowest BCUT2D eigenvalue weighted by atomic mass is 10.3. The van der Waals surface area contributed by atoms with E-state index in [4.69, 9.17) is 0 Å². The Bertz CT molecular complexity index is 156. The molecule has 0 aliphatic heterocycles. The molecule has 0 rings (SSSR count). The first-order chi connectivity index (χ1) is 4.41. The molecule has 0 aromatic rings. The van der Waals surface area contributed by atoms with E-state index in [0.29, 0.717) is 6.42 Å². The van der Waals surface area contributed by atoms with Crippen molar-refractivity contribution in [3.63, 3.8) is 0 Å². The van der Waals surface area contributed by atoms with Crippen molar-refractivity contribution in [2.75, 3.05) is 0 Å². The van der Waals surface area contributed by atoms with E-state index in [1.54, 1.807) is 0 Å². The summed E-state index contributed by atoms with van der Waals surface area (Å²) >= 11 is 0. The Labute approximate surface area is 57.7 Å². The van der Waals surface area contributed by atoms with Gasteiger partial charge >= 0.3 is 0 Å². The Morgan fingerprint density at radius 2 is 1.67 bits per heavy atom. The fraction of sp³-hybridized carbons (Fsp3) is 0.333. The molecular weight excluding hydrogens is 108 g/mol. The van der Waals surface area contributed by atoms with Crippen LogP contribution >= 0.6 is 0 Å². The molecule has 0 aliphatic carbocycles. The van der Waals surface area contributed by atoms with Gasteiger partial charge in [-0.25, -0.2) is 0 Å². The van der Waals surface area contributed by atoms with Crippen molar-refractivity contribution in [1.82, 2.24) is 0 Å². The second kappa shape index (κ2) is 7.12. The fourth-order valence-electron chi connectivity index (χ4n) is 0.390. The summed E-state index contributed by atoms with van der Waals surface area (Å²) in [6.45, 7) is 6.96. The van der Waals surface area contributed by atoms with Crippen molar-refractivity contribution >= 4 is 0 Å². The second-order valence-electron chi connectivity index (χ2n) is 1.46. The fourth-order valence-corrected chi connectivity index (χ4v) is 0.390. The Balaban J connectivity index is 3.15. The molecule has 0 spiro atoms. The molecule has 0 saturated carbocycles. The normalized spacial score (nSPS) is 6.44. The Kier molecular flexibility index (Phi) is 6.42. The maximum Gasteiger partial charge on any atom is 0.0198 e. The summed E-state index contributed by atoms with van der Waals surface area (Å²) in [4.78, 5) is 0. The molecule has 0 heteroatoms. The Morgan fingerprint density at radius 1 is 1.00 bits per heavy atom. The van der Waals surface area contributed by atoms with Gasteiger partial charge in [-0.2, -0.15) is 0 Å². The second-order valence-corrected chi connectivity index (χ2v) is 1.46. The van der Waals surface area contributed by atoms with Crippen molar-refractivity contribution < 1.29 is 0 Å². The summed E-state index contributed by atoms with van der Waals surface area (Å²) in [6, 6.07) is 0. The van der Waals surface area contributed by atoms with E-state index in [2.05, 4.69) is 37.5 Å². The molecule has 0 heterocycles. The van der Waals surface area contributed by atoms with Crippen molar-refractivity contribution in [3.05, 3.63) is 13.8 Å². The van der Waals surface area contributed by atoms with Crippen LogP contribution in [0, 0.1) is 37.5 Å². The quantitative estimate of drug-likeness (QED) is 0.364. The van der Waals surface area contributed by atoms with Crippen LogP contribution in [0.2, 0.25) is 0 Å². The van der Waals surface area contributed by atoms with Crippen molar-refractivity contribution in [2.45, 2.75) is 19.3 Å². The van der Waals surface area contributed by atoms with Crippen LogP contribution in [0.3, 0.4) is 0 Å². The van der Waals surface area contributed by atoms with Gasteiger partial charge in [0.1, 0.15) is 0 Å². The van der Waals surface area contributed by atoms with Crippen LogP contribution in [0.1, 0.15) is 19.3 Å². The minimum atomic E-state index is 0.692. The molecule has 0 aromatic heterocycles. The van der Waals surface area contributed by atoms with Crippen LogP contribution in [0.4, 0.5) is 0 Å². The molecule has 0 nitrogen and oxygen atoms in total. The summed E-state index contributed by atoms with van der Waals surface area (Å²) in [5.74, 6) is 11.2. The van der Waals surface area contributed by atoms with Gasteiger partial charge in [0.05, 0.1) is 0 Å². The van der Waals surface area contributed by atoms with E-state index < -0.39 is 0 Å². The van der Waals surface area contributed by atoms with Crippen LogP contribution in [0.15, 0.2) is 0 Å². The molecular formula is C9H10. The van der Waals surface area contributed by atoms with Crippen LogP contribution in [0.25, 0.3) is 0 Å². The lowest BCUT2D eigenvalue weighted by Gasteiger charge is -1.75. The minimum Gasteiger partial charge on any atom is -0.103 e. The molecule has 0 saturated heterocycles. The highest BCUT2D eigenvalue weighted by atomic mass is 13.7. The van der Waals surface area contributed by atoms with E-state index >= 15 is 0 Å². The number of rotatable bonds is 1. The van der Waals surface area contributed by atoms with E-state index in [1.165, 1.54) is 0 Å². The highest BCUT2D eigenvalue weighted by Gasteiger charge is 1.70. The van der Waals surface area contributed by atoms with Crippen LogP contribution < -0.4 is 0 Å². The average molecular weight is 118 g/mol. The highest BCUT2D eigenvalue weighted by molar-refractivity contribution is 5.06. The third-order valence-electron chi connectivity index (χ3n) is 0.750. The summed E-state index contributed by atoms with van der Waals surface area (Å²) in [6.07, 6.45) is 2.37. The van der Waals surface area contributed by atoms with E-state index in [0.717, 1.165) is 12.8 Å². The zero-order valence-electron chi connectivity index (χ0n) is 5.54. The Morgan fingerprint density at radius 3 is 2.22 bits per heavy atom. The molecule has 9 heavy (non-hydrogen) atoms. The minimum absolute atomic E-state index is 0.692. The van der Waals surface area contributed by atoms with Crippen molar-refractivity contribution in [3.8, 4) is 23.7 Å². The van der Waals surface area contributed by atoms with Crippen LogP contribution in [-0.2, 0) is 0 Å². The zero-order valence-corrected chi connectivity index (χ0v) is 5.54. The first-order valence-electron chi connectivity index (χ1n) is 2.91. The number of hydrogen-bond acceptors (Lipinski definition) is 0. The summed E-state index contributed by atoms with van der Waals surface area (Å²) in [5, 5.41) is 0. The van der Waals surface area contributed by atoms with Gasteiger partial charge in [-0.3, -0.25) is 0 Å². The molecule has 0 atom stereocenters. The lowest BCUT2D eigenvalue weighted by Crippen LogP contribution is -1.64. The molecule has 0 aliphatic rings. The van der Waals surface area contributed by atoms with Crippen LogP contribution in [0.5, 0.6) is 0 Å². The molecule has 2 radical (unpaired) electrons. The predicted molar refractivity (Wildman–Crippen MR) is 40.1 cm³/mol. The van der Waals surface area contributed by atoms with Gasteiger partial charge in [0, 0.05) is 26.2 Å². The van der Waals surface area contributed by atoms with Gasteiger partial charge < -0.3 is 0 Å². The monoisotopic (exact) mass is 118 g/mol. The lowest BCUT2D eigenvalue weighted by molar-refractivity contribution is 1.12. The molecule has 0 fully saturated rings. The molecule has 0 bridgehead atoms. The van der Waals surface area contributed by atoms with Crippen molar-refractivity contribution in [1.29, 1.82) is 0 Å². The molecule has 0 N–H and O–H groups in total.